The van der Waals surface area contributed by atoms with Gasteiger partial charge in [0.05, 0.1) is 49.7 Å². The topological polar surface area (TPSA) is 182 Å². The van der Waals surface area contributed by atoms with E-state index in [0.29, 0.717) is 6.54 Å². The standard InChI is InChI=1S/C71H77NO16Si/c1-71(2,3)89(4,5)88-62-60-57(48-80-68(86-60)55-39-25-12-26-40-55)82-70(64(62)85-67(76)54-37-23-11-24-38-54)87-59-56(47-77-45-50-29-15-7-16-30-50)81-69(63(84-66(75)53-35-21-10-22-36-53)61(59)83-65(74)52-33-19-9-20-34-52)78-42-41-72(43-49-27-13-6-14-28-49)44-58(73)79-46-51-31-17-8-18-32-51/h6-40,56-57,59-64,68-70H,41-48H2,1-5H3/t56?,57?,59-,60-,61?,62?,63?,64?,68?,69-,70+/m1/s1. The number of esters is 4. The van der Waals surface area contributed by atoms with Crippen molar-refractivity contribution in [1.29, 1.82) is 0 Å². The lowest BCUT2D eigenvalue weighted by molar-refractivity contribution is -0.383. The second-order valence-electron chi connectivity index (χ2n) is 23.6. The van der Waals surface area contributed by atoms with Crippen LogP contribution < -0.4 is 0 Å². The summed E-state index contributed by atoms with van der Waals surface area (Å²) in [5.41, 5.74) is 3.98. The van der Waals surface area contributed by atoms with E-state index < -0.39 is 99.9 Å². The maximum absolute atomic E-state index is 14.9. The molecule has 0 amide bonds. The van der Waals surface area contributed by atoms with Crippen molar-refractivity contribution in [3.63, 3.8) is 0 Å². The Labute approximate surface area is 521 Å². The normalized spacial score (nSPS) is 23.6. The highest BCUT2D eigenvalue weighted by Gasteiger charge is 2.59. The number of hydrogen-bond donors (Lipinski definition) is 0. The zero-order valence-corrected chi connectivity index (χ0v) is 51.7. The van der Waals surface area contributed by atoms with Crippen molar-refractivity contribution < 1.29 is 75.7 Å². The Bertz CT molecular complexity index is 3330. The Morgan fingerprint density at radius 3 is 1.53 bits per heavy atom. The first-order valence-electron chi connectivity index (χ1n) is 30.1. The molecule has 11 atom stereocenters. The van der Waals surface area contributed by atoms with Crippen molar-refractivity contribution in [3.05, 3.63) is 251 Å². The lowest BCUT2D eigenvalue weighted by atomic mass is 9.95. The SMILES string of the molecule is CC(C)(C)[Si](C)(C)OC1C(OC(=O)c2ccccc2)[C@H](O[C@@H]2C(COCc3ccccc3)O[C@@H](OCCN(CC(=O)OCc3ccccc3)Cc3ccccc3)C(OC(=O)c3ccccc3)C2OC(=O)c2ccccc2)OC2COC(c3ccccc3)O[C@H]21. The Kier molecular flexibility index (Phi) is 22.1. The van der Waals surface area contributed by atoms with Gasteiger partial charge in [0, 0.05) is 18.7 Å². The number of hydrogen-bond acceptors (Lipinski definition) is 17. The lowest BCUT2D eigenvalue weighted by Crippen LogP contribution is -2.69. The number of carbonyl (C=O) groups is 4. The number of fused-ring (bicyclic) bond motifs is 1. The Balaban J connectivity index is 1.05. The summed E-state index contributed by atoms with van der Waals surface area (Å²) in [6.45, 7) is 10.8. The van der Waals surface area contributed by atoms with Gasteiger partial charge in [-0.15, -0.1) is 0 Å². The first kappa shape index (κ1) is 64.3. The van der Waals surface area contributed by atoms with E-state index >= 15 is 0 Å². The average Bonchev–Trinajstić information content (AvgIpc) is 1.68. The first-order chi connectivity index (χ1) is 43.2. The lowest BCUT2D eigenvalue weighted by Gasteiger charge is -2.53. The van der Waals surface area contributed by atoms with Gasteiger partial charge in [-0.25, -0.2) is 14.4 Å². The third kappa shape index (κ3) is 17.4. The smallest absolute Gasteiger partial charge is 0.338 e. The molecule has 89 heavy (non-hydrogen) atoms. The fraction of sp³-hybridized carbons (Fsp3) is 0.352. The van der Waals surface area contributed by atoms with E-state index in [1.165, 1.54) is 0 Å². The highest BCUT2D eigenvalue weighted by Crippen LogP contribution is 2.44. The fourth-order valence-corrected chi connectivity index (χ4v) is 11.7. The number of ether oxygens (including phenoxy) is 11. The van der Waals surface area contributed by atoms with Crippen molar-refractivity contribution in [2.24, 2.45) is 0 Å². The molecule has 0 radical (unpaired) electrons. The van der Waals surface area contributed by atoms with Crippen LogP contribution in [-0.4, -0.2) is 131 Å². The molecule has 0 spiro atoms. The molecule has 3 fully saturated rings. The van der Waals surface area contributed by atoms with Crippen molar-refractivity contribution in [3.8, 4) is 0 Å². The molecule has 0 saturated carbocycles. The second kappa shape index (κ2) is 30.7. The third-order valence-corrected chi connectivity index (χ3v) is 20.6. The molecule has 7 unspecified atom stereocenters. The van der Waals surface area contributed by atoms with Gasteiger partial charge in [0.25, 0.3) is 0 Å². The molecule has 3 aliphatic rings. The van der Waals surface area contributed by atoms with Gasteiger partial charge in [-0.1, -0.05) is 197 Å². The minimum atomic E-state index is -2.84. The van der Waals surface area contributed by atoms with Crippen LogP contribution in [-0.2, 0) is 81.1 Å². The summed E-state index contributed by atoms with van der Waals surface area (Å²) in [4.78, 5) is 59.7. The van der Waals surface area contributed by atoms with Crippen LogP contribution in [0, 0.1) is 0 Å². The Hall–Kier alpha value is -7.72. The van der Waals surface area contributed by atoms with Crippen molar-refractivity contribution in [2.75, 3.05) is 32.9 Å². The van der Waals surface area contributed by atoms with E-state index in [4.69, 9.17) is 56.5 Å². The molecule has 0 aromatic heterocycles. The molecule has 3 saturated heterocycles. The van der Waals surface area contributed by atoms with Crippen LogP contribution in [0.2, 0.25) is 18.1 Å². The molecule has 17 nitrogen and oxygen atoms in total. The molecule has 7 aromatic rings. The second-order valence-corrected chi connectivity index (χ2v) is 28.4. The van der Waals surface area contributed by atoms with E-state index in [9.17, 15) is 19.2 Å². The van der Waals surface area contributed by atoms with E-state index in [0.717, 1.165) is 22.3 Å². The highest BCUT2D eigenvalue weighted by atomic mass is 28.4. The number of rotatable bonds is 25. The Morgan fingerprint density at radius 2 is 1.00 bits per heavy atom. The minimum Gasteiger partial charge on any atom is -0.460 e. The molecule has 7 aromatic carbocycles. The predicted octanol–water partition coefficient (Wildman–Crippen LogP) is 11.5. The molecule has 3 aliphatic heterocycles. The molecule has 466 valence electrons. The number of benzene rings is 7. The van der Waals surface area contributed by atoms with Crippen LogP contribution in [0.1, 0.15) is 80.4 Å². The zero-order chi connectivity index (χ0) is 62.2. The monoisotopic (exact) mass is 1230 g/mol. The number of nitrogens with zero attached hydrogens (tertiary/aromatic N) is 1. The summed E-state index contributed by atoms with van der Waals surface area (Å²) in [6, 6.07) is 63.4. The maximum atomic E-state index is 14.9. The van der Waals surface area contributed by atoms with Crippen LogP contribution in [0.4, 0.5) is 0 Å². The van der Waals surface area contributed by atoms with Gasteiger partial charge >= 0.3 is 23.9 Å². The molecule has 3 heterocycles. The average molecular weight is 1230 g/mol. The molecule has 10 rings (SSSR count). The quantitative estimate of drug-likeness (QED) is 0.0299. The summed E-state index contributed by atoms with van der Waals surface area (Å²) in [5, 5.41) is -0.362. The zero-order valence-electron chi connectivity index (χ0n) is 50.7. The minimum absolute atomic E-state index is 0.00271. The highest BCUT2D eigenvalue weighted by molar-refractivity contribution is 6.74. The summed E-state index contributed by atoms with van der Waals surface area (Å²) in [6.07, 6.45) is -13.9. The Morgan fingerprint density at radius 1 is 0.528 bits per heavy atom. The van der Waals surface area contributed by atoms with Crippen molar-refractivity contribution in [2.45, 2.75) is 126 Å². The van der Waals surface area contributed by atoms with Gasteiger partial charge < -0.3 is 56.5 Å². The van der Waals surface area contributed by atoms with Crippen molar-refractivity contribution >= 4 is 32.2 Å². The van der Waals surface area contributed by atoms with Gasteiger partial charge in [0.15, 0.2) is 45.5 Å². The van der Waals surface area contributed by atoms with Gasteiger partial charge in [-0.3, -0.25) is 9.69 Å². The predicted molar refractivity (Wildman–Crippen MR) is 331 cm³/mol. The van der Waals surface area contributed by atoms with E-state index in [2.05, 4.69) is 33.9 Å². The van der Waals surface area contributed by atoms with Crippen LogP contribution in [0.15, 0.2) is 212 Å². The van der Waals surface area contributed by atoms with Crippen LogP contribution in [0.3, 0.4) is 0 Å². The first-order valence-corrected chi connectivity index (χ1v) is 33.0. The molecule has 0 bridgehead atoms. The van der Waals surface area contributed by atoms with Crippen LogP contribution in [0.25, 0.3) is 0 Å². The largest absolute Gasteiger partial charge is 0.460 e. The summed E-state index contributed by atoms with van der Waals surface area (Å²) < 4.78 is 81.0. The maximum Gasteiger partial charge on any atom is 0.338 e. The summed E-state index contributed by atoms with van der Waals surface area (Å²) in [7, 11) is -2.84. The fourth-order valence-electron chi connectivity index (χ4n) is 10.4. The van der Waals surface area contributed by atoms with Gasteiger partial charge in [0.1, 0.15) is 37.1 Å². The molecular weight excluding hydrogens is 1150 g/mol. The van der Waals surface area contributed by atoms with Gasteiger partial charge in [-0.05, 0) is 71.2 Å². The van der Waals surface area contributed by atoms with Crippen molar-refractivity contribution in [1.82, 2.24) is 4.90 Å². The third-order valence-electron chi connectivity index (χ3n) is 16.2. The van der Waals surface area contributed by atoms with Gasteiger partial charge in [0.2, 0.25) is 0 Å². The molecule has 0 N–H and O–H groups in total. The van der Waals surface area contributed by atoms with E-state index in [1.807, 2.05) is 126 Å². The van der Waals surface area contributed by atoms with Gasteiger partial charge in [-0.2, -0.15) is 0 Å². The van der Waals surface area contributed by atoms with E-state index in [1.54, 1.807) is 91.0 Å². The van der Waals surface area contributed by atoms with E-state index in [-0.39, 0.29) is 67.9 Å². The van der Waals surface area contributed by atoms with Crippen LogP contribution in [0.5, 0.6) is 0 Å². The summed E-state index contributed by atoms with van der Waals surface area (Å²) >= 11 is 0. The molecule has 18 heteroatoms. The molecule has 0 aliphatic carbocycles. The summed E-state index contributed by atoms with van der Waals surface area (Å²) in [5.74, 6) is -2.75. The molecular formula is C71H77NO16Si. The number of carbonyl (C=O) groups excluding carboxylic acids is 4. The van der Waals surface area contributed by atoms with Crippen LogP contribution >= 0.6 is 0 Å².